The van der Waals surface area contributed by atoms with E-state index in [9.17, 15) is 4.39 Å². The van der Waals surface area contributed by atoms with Gasteiger partial charge in [-0.15, -0.1) is 11.3 Å². The smallest absolute Gasteiger partial charge is 0.166 e. The summed E-state index contributed by atoms with van der Waals surface area (Å²) in [6.07, 6.45) is 8.84. The Morgan fingerprint density at radius 1 is 1.11 bits per heavy atom. The predicted octanol–water partition coefficient (Wildman–Crippen LogP) is 7.50. The molecule has 1 aromatic carbocycles. The summed E-state index contributed by atoms with van der Waals surface area (Å²) in [5, 5.41) is 3.39. The van der Waals surface area contributed by atoms with Crippen molar-refractivity contribution < 1.29 is 9.13 Å². The lowest BCUT2D eigenvalue weighted by atomic mass is 10.1. The van der Waals surface area contributed by atoms with Crippen LogP contribution in [0.25, 0.3) is 20.8 Å². The van der Waals surface area contributed by atoms with Gasteiger partial charge in [0.05, 0.1) is 20.8 Å². The maximum atomic E-state index is 14.9. The van der Waals surface area contributed by atoms with Crippen LogP contribution in [0.3, 0.4) is 0 Å². The summed E-state index contributed by atoms with van der Waals surface area (Å²) in [6, 6.07) is 13.0. The van der Waals surface area contributed by atoms with Crippen molar-refractivity contribution in [2.45, 2.75) is 45.6 Å². The van der Waals surface area contributed by atoms with Crippen LogP contribution < -0.4 is 10.1 Å². The van der Waals surface area contributed by atoms with Gasteiger partial charge in [0.1, 0.15) is 5.75 Å². The van der Waals surface area contributed by atoms with Gasteiger partial charge < -0.3 is 10.1 Å². The summed E-state index contributed by atoms with van der Waals surface area (Å²) >= 11 is 7.04. The Hall–Kier alpha value is -2.74. The lowest BCUT2D eigenvalue weighted by molar-refractivity contribution is 0.446. The number of nitrogens with zero attached hydrogens (tertiary/aromatic N) is 2. The van der Waals surface area contributed by atoms with E-state index in [-0.39, 0.29) is 11.6 Å². The minimum absolute atomic E-state index is 0.200. The second-order valence-corrected chi connectivity index (χ2v) is 10.7. The molecule has 1 fully saturated rings. The second kappa shape index (κ2) is 10.9. The van der Waals surface area contributed by atoms with Crippen molar-refractivity contribution in [3.05, 3.63) is 71.8 Å². The summed E-state index contributed by atoms with van der Waals surface area (Å²) in [5.74, 6) is 1.15. The number of pyridine rings is 2. The van der Waals surface area contributed by atoms with Gasteiger partial charge in [-0.1, -0.05) is 31.3 Å². The highest BCUT2D eigenvalue weighted by molar-refractivity contribution is 7.80. The molecule has 0 radical (unpaired) electrons. The molecule has 4 aromatic rings. The Kier molecular flexibility index (Phi) is 7.46. The molecule has 0 aliphatic heterocycles. The van der Waals surface area contributed by atoms with Crippen LogP contribution in [0.5, 0.6) is 11.5 Å². The number of halogens is 1. The molecule has 0 spiro atoms. The fraction of sp³-hybridized carbons (Fsp3) is 0.321. The van der Waals surface area contributed by atoms with Crippen molar-refractivity contribution in [1.29, 1.82) is 0 Å². The molecule has 1 N–H and O–H groups in total. The van der Waals surface area contributed by atoms with Crippen LogP contribution in [-0.4, -0.2) is 21.4 Å². The molecule has 3 aromatic heterocycles. The van der Waals surface area contributed by atoms with Crippen LogP contribution in [0.15, 0.2) is 54.9 Å². The van der Waals surface area contributed by atoms with Gasteiger partial charge in [-0.2, -0.15) is 0 Å². The van der Waals surface area contributed by atoms with Gasteiger partial charge in [-0.3, -0.25) is 9.97 Å². The fourth-order valence-electron chi connectivity index (χ4n) is 4.01. The molecule has 4 nitrogen and oxygen atoms in total. The Morgan fingerprint density at radius 2 is 1.97 bits per heavy atom. The molecular formula is C28H28FN3OS2. The van der Waals surface area contributed by atoms with E-state index in [0.717, 1.165) is 68.6 Å². The zero-order chi connectivity index (χ0) is 24.2. The normalized spacial score (nSPS) is 13.3. The van der Waals surface area contributed by atoms with E-state index >= 15 is 0 Å². The maximum Gasteiger partial charge on any atom is 0.166 e. The Morgan fingerprint density at radius 3 is 2.71 bits per heavy atom. The van der Waals surface area contributed by atoms with Gasteiger partial charge in [0.2, 0.25) is 0 Å². The molecule has 35 heavy (non-hydrogen) atoms. The summed E-state index contributed by atoms with van der Waals surface area (Å²) < 4.78 is 21.8. The van der Waals surface area contributed by atoms with E-state index in [1.165, 1.54) is 18.9 Å². The molecule has 0 atom stereocenters. The van der Waals surface area contributed by atoms with E-state index in [1.54, 1.807) is 29.7 Å². The number of rotatable bonds is 11. The highest BCUT2D eigenvalue weighted by atomic mass is 32.1. The quantitative estimate of drug-likeness (QED) is 0.169. The number of ether oxygens (including phenoxy) is 1. The molecule has 180 valence electrons. The van der Waals surface area contributed by atoms with Gasteiger partial charge in [0.25, 0.3) is 0 Å². The molecule has 0 amide bonds. The molecule has 7 heteroatoms. The number of thiophene rings is 1. The minimum atomic E-state index is -0.382. The maximum absolute atomic E-state index is 14.9. The van der Waals surface area contributed by atoms with Crippen LogP contribution >= 0.6 is 23.6 Å². The third-order valence-corrected chi connectivity index (χ3v) is 7.51. The monoisotopic (exact) mass is 505 g/mol. The first kappa shape index (κ1) is 24.0. The fourth-order valence-corrected chi connectivity index (χ4v) is 5.45. The van der Waals surface area contributed by atoms with Crippen molar-refractivity contribution in [3.63, 3.8) is 0 Å². The lowest BCUT2D eigenvalue weighted by Crippen LogP contribution is -2.13. The molecule has 1 aliphatic rings. The van der Waals surface area contributed by atoms with Gasteiger partial charge >= 0.3 is 0 Å². The van der Waals surface area contributed by atoms with E-state index in [4.69, 9.17) is 17.0 Å². The SMILES string of the molecule is CCCNCc1ccc(-c2cc3nccc(Oc4ccc(CC(=S)CC5CC5)cc4F)c3s2)nc1. The molecular weight excluding hydrogens is 477 g/mol. The molecule has 0 bridgehead atoms. The van der Waals surface area contributed by atoms with Crippen LogP contribution in [-0.2, 0) is 13.0 Å². The topological polar surface area (TPSA) is 47.0 Å². The van der Waals surface area contributed by atoms with E-state index in [0.29, 0.717) is 12.2 Å². The number of nitrogens with one attached hydrogen (secondary N) is 1. The van der Waals surface area contributed by atoms with Gasteiger partial charge in [0.15, 0.2) is 11.6 Å². The van der Waals surface area contributed by atoms with Crippen molar-refractivity contribution in [3.8, 4) is 22.1 Å². The molecule has 0 saturated heterocycles. The van der Waals surface area contributed by atoms with E-state index in [1.807, 2.05) is 24.4 Å². The van der Waals surface area contributed by atoms with Crippen LogP contribution in [0.4, 0.5) is 4.39 Å². The van der Waals surface area contributed by atoms with E-state index in [2.05, 4.69) is 28.3 Å². The zero-order valence-electron chi connectivity index (χ0n) is 19.7. The van der Waals surface area contributed by atoms with Crippen molar-refractivity contribution >= 4 is 38.6 Å². The third kappa shape index (κ3) is 6.10. The highest BCUT2D eigenvalue weighted by Crippen LogP contribution is 2.39. The third-order valence-electron chi connectivity index (χ3n) is 6.04. The van der Waals surface area contributed by atoms with Crippen molar-refractivity contribution in [2.75, 3.05) is 6.54 Å². The number of aromatic nitrogens is 2. The average Bonchev–Trinajstić information content (AvgIpc) is 3.55. The standard InChI is InChI=1S/C28H28FN3OS2/c1-2-10-30-16-20-5-7-23(32-17-20)27-15-24-28(35-27)26(9-11-31-24)33-25-8-6-19(14-22(25)29)13-21(34)12-18-3-4-18/h5-9,11,14-15,17-18,30H,2-4,10,12-13,16H2,1H3. The second-order valence-electron chi connectivity index (χ2n) is 9.09. The van der Waals surface area contributed by atoms with Gasteiger partial charge in [-0.25, -0.2) is 4.39 Å². The average molecular weight is 506 g/mol. The molecule has 3 heterocycles. The summed E-state index contributed by atoms with van der Waals surface area (Å²) in [4.78, 5) is 11.1. The summed E-state index contributed by atoms with van der Waals surface area (Å²) in [6.45, 7) is 3.95. The number of fused-ring (bicyclic) bond motifs is 1. The van der Waals surface area contributed by atoms with Crippen LogP contribution in [0, 0.1) is 11.7 Å². The van der Waals surface area contributed by atoms with Gasteiger partial charge in [-0.05, 0) is 78.4 Å². The first-order valence-electron chi connectivity index (χ1n) is 12.1. The number of benzene rings is 1. The molecule has 1 aliphatic carbocycles. The van der Waals surface area contributed by atoms with E-state index < -0.39 is 0 Å². The molecule has 5 rings (SSSR count). The number of thiocarbonyl (C=S) groups is 1. The molecule has 0 unspecified atom stereocenters. The Bertz CT molecular complexity index is 1330. The minimum Gasteiger partial charge on any atom is -0.453 e. The Balaban J connectivity index is 1.31. The predicted molar refractivity (Wildman–Crippen MR) is 145 cm³/mol. The van der Waals surface area contributed by atoms with Crippen LogP contribution in [0.2, 0.25) is 0 Å². The summed E-state index contributed by atoms with van der Waals surface area (Å²) in [5.41, 5.74) is 3.73. The first-order valence-corrected chi connectivity index (χ1v) is 13.3. The lowest BCUT2D eigenvalue weighted by Gasteiger charge is -2.09. The highest BCUT2D eigenvalue weighted by Gasteiger charge is 2.22. The van der Waals surface area contributed by atoms with Crippen molar-refractivity contribution in [1.82, 2.24) is 15.3 Å². The van der Waals surface area contributed by atoms with Crippen LogP contribution in [0.1, 0.15) is 43.7 Å². The number of hydrogen-bond acceptors (Lipinski definition) is 6. The van der Waals surface area contributed by atoms with Crippen molar-refractivity contribution in [2.24, 2.45) is 5.92 Å². The molecule has 1 saturated carbocycles. The van der Waals surface area contributed by atoms with Gasteiger partial charge in [0, 0.05) is 31.4 Å². The Labute approximate surface area is 214 Å². The number of hydrogen-bond donors (Lipinski definition) is 1. The summed E-state index contributed by atoms with van der Waals surface area (Å²) in [7, 11) is 0. The largest absolute Gasteiger partial charge is 0.453 e. The zero-order valence-corrected chi connectivity index (χ0v) is 21.4. The first-order chi connectivity index (χ1) is 17.1.